The monoisotopic (exact) mass is 449 g/mol. The highest BCUT2D eigenvalue weighted by molar-refractivity contribution is 7.99. The quantitative estimate of drug-likeness (QED) is 0.458. The molecule has 0 radical (unpaired) electrons. The first-order chi connectivity index (χ1) is 14.2. The second-order valence-corrected chi connectivity index (χ2v) is 9.08. The van der Waals surface area contributed by atoms with Crippen LogP contribution in [0.5, 0.6) is 0 Å². The lowest BCUT2D eigenvalue weighted by Gasteiger charge is -2.29. The molecule has 160 valence electrons. The third-order valence-corrected chi connectivity index (χ3v) is 5.50. The minimum absolute atomic E-state index is 0.163. The minimum Gasteiger partial charge on any atom is -0.463 e. The van der Waals surface area contributed by atoms with Crippen molar-refractivity contribution in [3.63, 3.8) is 0 Å². The zero-order valence-corrected chi connectivity index (χ0v) is 18.8. The van der Waals surface area contributed by atoms with Gasteiger partial charge in [0.25, 0.3) is 0 Å². The fourth-order valence-corrected chi connectivity index (χ4v) is 3.76. The molecule has 0 aliphatic carbocycles. The first-order valence-electron chi connectivity index (χ1n) is 9.48. The number of rotatable bonds is 6. The van der Waals surface area contributed by atoms with E-state index < -0.39 is 18.0 Å². The number of halogens is 1. The second-order valence-electron chi connectivity index (χ2n) is 7.70. The molecular weight excluding hydrogens is 426 g/mol. The highest BCUT2D eigenvalue weighted by Gasteiger charge is 2.34. The van der Waals surface area contributed by atoms with Crippen molar-refractivity contribution in [1.82, 2.24) is 25.8 Å². The van der Waals surface area contributed by atoms with Crippen molar-refractivity contribution in [2.75, 3.05) is 12.4 Å². The van der Waals surface area contributed by atoms with Gasteiger partial charge in [-0.15, -0.1) is 5.10 Å². The molecule has 0 bridgehead atoms. The molecule has 2 heterocycles. The van der Waals surface area contributed by atoms with Crippen LogP contribution in [0.1, 0.15) is 45.1 Å². The summed E-state index contributed by atoms with van der Waals surface area (Å²) >= 11 is 7.31. The van der Waals surface area contributed by atoms with Gasteiger partial charge in [-0.25, -0.2) is 14.6 Å². The number of carbonyl (C=O) groups is 2. The average molecular weight is 450 g/mol. The van der Waals surface area contributed by atoms with Crippen LogP contribution < -0.4 is 10.6 Å². The molecule has 1 atom stereocenters. The van der Waals surface area contributed by atoms with Gasteiger partial charge >= 0.3 is 12.0 Å². The maximum atomic E-state index is 12.8. The van der Waals surface area contributed by atoms with Crippen LogP contribution in [0.3, 0.4) is 0 Å². The van der Waals surface area contributed by atoms with E-state index in [1.54, 1.807) is 31.2 Å². The number of esters is 1. The summed E-state index contributed by atoms with van der Waals surface area (Å²) < 4.78 is 5.26. The van der Waals surface area contributed by atoms with E-state index in [0.717, 1.165) is 11.4 Å². The molecule has 1 aliphatic rings. The number of ether oxygens (including phenoxy) is 1. The van der Waals surface area contributed by atoms with E-state index in [1.165, 1.54) is 11.8 Å². The van der Waals surface area contributed by atoms with Gasteiger partial charge in [-0.1, -0.05) is 56.3 Å². The summed E-state index contributed by atoms with van der Waals surface area (Å²) in [6.45, 7) is 8.06. The molecule has 0 fully saturated rings. The summed E-state index contributed by atoms with van der Waals surface area (Å²) in [5.41, 5.74) is 1.37. The lowest BCUT2D eigenvalue weighted by atomic mass is 9.95. The molecule has 3 rings (SSSR count). The number of hydrogen-bond donors (Lipinski definition) is 3. The van der Waals surface area contributed by atoms with Crippen LogP contribution in [0.25, 0.3) is 0 Å². The molecule has 1 aliphatic heterocycles. The number of hydrogen-bond acceptors (Lipinski definition) is 6. The molecule has 30 heavy (non-hydrogen) atoms. The smallest absolute Gasteiger partial charge is 0.338 e. The molecule has 10 heteroatoms. The minimum atomic E-state index is -0.650. The number of aromatic amines is 1. The number of nitrogens with one attached hydrogen (secondary N) is 3. The Hall–Kier alpha value is -2.52. The van der Waals surface area contributed by atoms with Crippen LogP contribution in [-0.4, -0.2) is 39.5 Å². The number of amides is 2. The standard InChI is InChI=1S/C20H24ClN5O3S/c1-5-29-16(27)14-13(10-30-19-24-17(25-26-19)20(2,3)4)22-18(28)23-15(14)11-6-8-12(21)9-7-11/h6-9,15H,5,10H2,1-4H3,(H2,22,23,28)(H,24,25,26). The van der Waals surface area contributed by atoms with E-state index in [9.17, 15) is 9.59 Å². The van der Waals surface area contributed by atoms with Crippen LogP contribution in [0.4, 0.5) is 4.79 Å². The Morgan fingerprint density at radius 2 is 1.97 bits per heavy atom. The summed E-state index contributed by atoms with van der Waals surface area (Å²) in [5.74, 6) is 0.566. The van der Waals surface area contributed by atoms with E-state index in [4.69, 9.17) is 16.3 Å². The number of H-pyrrole nitrogens is 1. The van der Waals surface area contributed by atoms with Gasteiger partial charge in [0, 0.05) is 21.9 Å². The molecular formula is C20H24ClN5O3S. The number of urea groups is 1. The molecule has 1 aromatic heterocycles. The average Bonchev–Trinajstić information content (AvgIpc) is 3.16. The van der Waals surface area contributed by atoms with Gasteiger partial charge in [0.1, 0.15) is 5.82 Å². The maximum absolute atomic E-state index is 12.8. The summed E-state index contributed by atoms with van der Waals surface area (Å²) in [4.78, 5) is 29.6. The normalized spacial score (nSPS) is 16.8. The third kappa shape index (κ3) is 5.14. The van der Waals surface area contributed by atoms with E-state index >= 15 is 0 Å². The predicted octanol–water partition coefficient (Wildman–Crippen LogP) is 3.72. The van der Waals surface area contributed by atoms with Crippen molar-refractivity contribution in [3.05, 3.63) is 51.9 Å². The Morgan fingerprint density at radius 3 is 2.57 bits per heavy atom. The first kappa shape index (κ1) is 22.2. The van der Waals surface area contributed by atoms with Gasteiger partial charge in [-0.3, -0.25) is 5.10 Å². The van der Waals surface area contributed by atoms with E-state index in [1.807, 2.05) is 20.8 Å². The first-order valence-corrected chi connectivity index (χ1v) is 10.8. The zero-order valence-electron chi connectivity index (χ0n) is 17.2. The van der Waals surface area contributed by atoms with Crippen molar-refractivity contribution in [2.24, 2.45) is 0 Å². The van der Waals surface area contributed by atoms with Crippen molar-refractivity contribution in [1.29, 1.82) is 0 Å². The molecule has 3 N–H and O–H groups in total. The van der Waals surface area contributed by atoms with E-state index in [0.29, 0.717) is 27.2 Å². The summed E-state index contributed by atoms with van der Waals surface area (Å²) in [6.07, 6.45) is 0. The maximum Gasteiger partial charge on any atom is 0.338 e. The van der Waals surface area contributed by atoms with Crippen molar-refractivity contribution < 1.29 is 14.3 Å². The number of aromatic nitrogens is 3. The van der Waals surface area contributed by atoms with Crippen molar-refractivity contribution in [3.8, 4) is 0 Å². The number of benzene rings is 1. The van der Waals surface area contributed by atoms with Crippen LogP contribution in [-0.2, 0) is 14.9 Å². The predicted molar refractivity (Wildman–Crippen MR) is 115 cm³/mol. The van der Waals surface area contributed by atoms with Crippen LogP contribution in [0, 0.1) is 0 Å². The molecule has 1 aromatic carbocycles. The summed E-state index contributed by atoms with van der Waals surface area (Å²) in [5, 5.41) is 13.8. The molecule has 1 unspecified atom stereocenters. The van der Waals surface area contributed by atoms with Gasteiger partial charge in [0.05, 0.1) is 18.2 Å². The fraction of sp³-hybridized carbons (Fsp3) is 0.400. The van der Waals surface area contributed by atoms with Crippen molar-refractivity contribution in [2.45, 2.75) is 44.3 Å². The van der Waals surface area contributed by atoms with Gasteiger partial charge in [-0.05, 0) is 24.6 Å². The highest BCUT2D eigenvalue weighted by Crippen LogP contribution is 2.31. The third-order valence-electron chi connectivity index (χ3n) is 4.37. The number of nitrogens with zero attached hydrogens (tertiary/aromatic N) is 2. The van der Waals surface area contributed by atoms with Crippen LogP contribution in [0.2, 0.25) is 5.02 Å². The molecule has 0 saturated carbocycles. The largest absolute Gasteiger partial charge is 0.463 e. The zero-order chi connectivity index (χ0) is 21.9. The Morgan fingerprint density at radius 1 is 1.27 bits per heavy atom. The van der Waals surface area contributed by atoms with Crippen molar-refractivity contribution >= 4 is 35.4 Å². The lowest BCUT2D eigenvalue weighted by Crippen LogP contribution is -2.46. The molecule has 0 spiro atoms. The Balaban J connectivity index is 1.92. The van der Waals surface area contributed by atoms with Gasteiger partial charge in [0.15, 0.2) is 0 Å². The molecule has 2 amide bonds. The summed E-state index contributed by atoms with van der Waals surface area (Å²) in [6, 6.07) is 5.92. The second kappa shape index (κ2) is 9.09. The Kier molecular flexibility index (Phi) is 6.72. The molecule has 0 saturated heterocycles. The van der Waals surface area contributed by atoms with Gasteiger partial charge < -0.3 is 15.4 Å². The molecule has 2 aromatic rings. The summed E-state index contributed by atoms with van der Waals surface area (Å²) in [7, 11) is 0. The highest BCUT2D eigenvalue weighted by atomic mass is 35.5. The Labute approximate surface area is 184 Å². The lowest BCUT2D eigenvalue weighted by molar-refractivity contribution is -0.139. The topological polar surface area (TPSA) is 109 Å². The van der Waals surface area contributed by atoms with Gasteiger partial charge in [0.2, 0.25) is 5.16 Å². The van der Waals surface area contributed by atoms with Crippen LogP contribution >= 0.6 is 23.4 Å². The SMILES string of the molecule is CCOC(=O)C1=C(CSc2n[nH]c(C(C)(C)C)n2)NC(=O)NC1c1ccc(Cl)cc1. The van der Waals surface area contributed by atoms with E-state index in [-0.39, 0.29) is 12.0 Å². The van der Waals surface area contributed by atoms with Gasteiger partial charge in [-0.2, -0.15) is 0 Å². The fourth-order valence-electron chi connectivity index (χ4n) is 2.87. The number of thioether (sulfide) groups is 1. The molecule has 8 nitrogen and oxygen atoms in total. The van der Waals surface area contributed by atoms with Crippen LogP contribution in [0.15, 0.2) is 40.7 Å². The number of carbonyl (C=O) groups excluding carboxylic acids is 2. The van der Waals surface area contributed by atoms with E-state index in [2.05, 4.69) is 25.8 Å². The Bertz CT molecular complexity index is 966.